The minimum Gasteiger partial charge on any atom is -0.494 e. The van der Waals surface area contributed by atoms with Gasteiger partial charge in [0.05, 0.1) is 18.4 Å². The fraction of sp³-hybridized carbons (Fsp3) is 0.417. The van der Waals surface area contributed by atoms with Crippen LogP contribution in [0, 0.1) is 6.92 Å². The zero-order valence-electron chi connectivity index (χ0n) is 18.4. The molecule has 1 aromatic heterocycles. The van der Waals surface area contributed by atoms with E-state index >= 15 is 0 Å². The van der Waals surface area contributed by atoms with E-state index in [9.17, 15) is 4.79 Å². The van der Waals surface area contributed by atoms with Gasteiger partial charge in [-0.15, -0.1) is 0 Å². The Kier molecular flexibility index (Phi) is 6.61. The third kappa shape index (κ3) is 4.61. The second-order valence-electron chi connectivity index (χ2n) is 7.76. The maximum absolute atomic E-state index is 12.9. The number of carbonyl (C=O) groups excluding carboxylic acids is 1. The van der Waals surface area contributed by atoms with Gasteiger partial charge < -0.3 is 19.3 Å². The zero-order valence-corrected chi connectivity index (χ0v) is 19.2. The van der Waals surface area contributed by atoms with Gasteiger partial charge in [-0.05, 0) is 49.2 Å². The number of nitrogens with zero attached hydrogens (tertiary/aromatic N) is 3. The molecule has 1 amide bonds. The van der Waals surface area contributed by atoms with Gasteiger partial charge in [-0.1, -0.05) is 30.7 Å². The van der Waals surface area contributed by atoms with Gasteiger partial charge in [0.15, 0.2) is 5.13 Å². The summed E-state index contributed by atoms with van der Waals surface area (Å²) in [5.74, 6) is 1.69. The molecule has 4 rings (SSSR count). The molecule has 31 heavy (non-hydrogen) atoms. The van der Waals surface area contributed by atoms with Crippen LogP contribution in [0.5, 0.6) is 11.5 Å². The number of fused-ring (bicyclic) bond motifs is 1. The average Bonchev–Trinajstić information content (AvgIpc) is 3.26. The number of unbranched alkanes of at least 4 members (excludes halogenated alkanes) is 1. The summed E-state index contributed by atoms with van der Waals surface area (Å²) < 4.78 is 12.3. The molecule has 1 fully saturated rings. The summed E-state index contributed by atoms with van der Waals surface area (Å²) in [5.41, 5.74) is 2.83. The smallest absolute Gasteiger partial charge is 0.253 e. The Balaban J connectivity index is 1.39. The number of rotatable bonds is 7. The van der Waals surface area contributed by atoms with Gasteiger partial charge in [0.2, 0.25) is 0 Å². The highest BCUT2D eigenvalue weighted by atomic mass is 32.1. The summed E-state index contributed by atoms with van der Waals surface area (Å²) in [5, 5.41) is 0.989. The number of piperazine rings is 1. The molecule has 1 saturated heterocycles. The first kappa shape index (κ1) is 21.4. The molecular weight excluding hydrogens is 410 g/mol. The topological polar surface area (TPSA) is 54.9 Å². The standard InChI is InChI=1S/C24H29N3O3S/c1-4-5-16-30-19-9-7-18(8-10-19)23(28)26-12-14-27(15-13-26)24-25-21-20(29-3)11-6-17(2)22(21)31-24/h6-11H,4-5,12-16H2,1-3H3. The first-order valence-electron chi connectivity index (χ1n) is 10.8. The molecular formula is C24H29N3O3S. The molecule has 1 aliphatic heterocycles. The average molecular weight is 440 g/mol. The summed E-state index contributed by atoms with van der Waals surface area (Å²) in [7, 11) is 1.68. The van der Waals surface area contributed by atoms with Crippen molar-refractivity contribution in [2.45, 2.75) is 26.7 Å². The Hall–Kier alpha value is -2.80. The highest BCUT2D eigenvalue weighted by Gasteiger charge is 2.24. The van der Waals surface area contributed by atoms with Crippen LogP contribution in [0.2, 0.25) is 0 Å². The van der Waals surface area contributed by atoms with Crippen molar-refractivity contribution < 1.29 is 14.3 Å². The fourth-order valence-electron chi connectivity index (χ4n) is 3.71. The van der Waals surface area contributed by atoms with Crippen molar-refractivity contribution in [1.82, 2.24) is 9.88 Å². The van der Waals surface area contributed by atoms with E-state index in [4.69, 9.17) is 14.5 Å². The minimum atomic E-state index is 0.0709. The molecule has 0 unspecified atom stereocenters. The lowest BCUT2D eigenvalue weighted by atomic mass is 10.1. The summed E-state index contributed by atoms with van der Waals surface area (Å²) >= 11 is 1.69. The van der Waals surface area contributed by atoms with Gasteiger partial charge in [0.25, 0.3) is 5.91 Å². The number of amides is 1. The number of carbonyl (C=O) groups is 1. The highest BCUT2D eigenvalue weighted by Crippen LogP contribution is 2.36. The molecule has 0 saturated carbocycles. The van der Waals surface area contributed by atoms with Crippen LogP contribution in [0.3, 0.4) is 0 Å². The second kappa shape index (κ2) is 9.56. The van der Waals surface area contributed by atoms with Crippen LogP contribution in [-0.4, -0.2) is 55.7 Å². The van der Waals surface area contributed by atoms with E-state index in [0.717, 1.165) is 52.8 Å². The van der Waals surface area contributed by atoms with E-state index in [1.807, 2.05) is 35.2 Å². The third-order valence-corrected chi connectivity index (χ3v) is 6.87. The van der Waals surface area contributed by atoms with Crippen LogP contribution in [0.15, 0.2) is 36.4 Å². The SMILES string of the molecule is CCCCOc1ccc(C(=O)N2CCN(c3nc4c(OC)ccc(C)c4s3)CC2)cc1. The van der Waals surface area contributed by atoms with Gasteiger partial charge in [0, 0.05) is 31.7 Å². The minimum absolute atomic E-state index is 0.0709. The van der Waals surface area contributed by atoms with Crippen LogP contribution in [0.25, 0.3) is 10.2 Å². The van der Waals surface area contributed by atoms with E-state index in [2.05, 4.69) is 24.8 Å². The number of benzene rings is 2. The molecule has 0 radical (unpaired) electrons. The molecule has 3 aromatic rings. The predicted molar refractivity (Wildman–Crippen MR) is 126 cm³/mol. The number of thiazole rings is 1. The molecule has 6 nitrogen and oxygen atoms in total. The van der Waals surface area contributed by atoms with E-state index in [0.29, 0.717) is 25.3 Å². The number of aryl methyl sites for hydroxylation is 1. The zero-order chi connectivity index (χ0) is 21.8. The number of hydrogen-bond donors (Lipinski definition) is 0. The first-order valence-corrected chi connectivity index (χ1v) is 11.6. The Morgan fingerprint density at radius 2 is 1.84 bits per heavy atom. The van der Waals surface area contributed by atoms with Crippen LogP contribution in [0.4, 0.5) is 5.13 Å². The Morgan fingerprint density at radius 1 is 1.10 bits per heavy atom. The summed E-state index contributed by atoms with van der Waals surface area (Å²) in [6.07, 6.45) is 2.14. The maximum atomic E-state index is 12.9. The number of ether oxygens (including phenoxy) is 2. The molecule has 0 aliphatic carbocycles. The summed E-state index contributed by atoms with van der Waals surface area (Å²) in [6, 6.07) is 11.5. The largest absolute Gasteiger partial charge is 0.494 e. The summed E-state index contributed by atoms with van der Waals surface area (Å²) in [6.45, 7) is 7.85. The Morgan fingerprint density at radius 3 is 2.52 bits per heavy atom. The molecule has 0 atom stereocenters. The van der Waals surface area contributed by atoms with Crippen LogP contribution >= 0.6 is 11.3 Å². The fourth-order valence-corrected chi connectivity index (χ4v) is 4.81. The maximum Gasteiger partial charge on any atom is 0.253 e. The van der Waals surface area contributed by atoms with E-state index in [-0.39, 0.29) is 5.91 Å². The van der Waals surface area contributed by atoms with E-state index in [1.54, 1.807) is 18.4 Å². The molecule has 0 bridgehead atoms. The molecule has 1 aliphatic rings. The van der Waals surface area contributed by atoms with Crippen molar-refractivity contribution in [3.63, 3.8) is 0 Å². The van der Waals surface area contributed by atoms with Crippen molar-refractivity contribution in [1.29, 1.82) is 0 Å². The quantitative estimate of drug-likeness (QED) is 0.497. The highest BCUT2D eigenvalue weighted by molar-refractivity contribution is 7.22. The first-order chi connectivity index (χ1) is 15.1. The van der Waals surface area contributed by atoms with Crippen molar-refractivity contribution in [2.75, 3.05) is 44.8 Å². The lowest BCUT2D eigenvalue weighted by Gasteiger charge is -2.34. The van der Waals surface area contributed by atoms with Gasteiger partial charge in [0.1, 0.15) is 17.0 Å². The number of aromatic nitrogens is 1. The van der Waals surface area contributed by atoms with Gasteiger partial charge >= 0.3 is 0 Å². The predicted octanol–water partition coefficient (Wildman–Crippen LogP) is 4.75. The summed E-state index contributed by atoms with van der Waals surface area (Å²) in [4.78, 5) is 21.9. The molecule has 0 spiro atoms. The molecule has 7 heteroatoms. The number of methoxy groups -OCH3 is 1. The lowest BCUT2D eigenvalue weighted by molar-refractivity contribution is 0.0746. The van der Waals surface area contributed by atoms with Gasteiger partial charge in [-0.25, -0.2) is 4.98 Å². The van der Waals surface area contributed by atoms with E-state index < -0.39 is 0 Å². The molecule has 2 aromatic carbocycles. The van der Waals surface area contributed by atoms with Gasteiger partial charge in [-0.2, -0.15) is 0 Å². The van der Waals surface area contributed by atoms with Gasteiger partial charge in [-0.3, -0.25) is 4.79 Å². The number of hydrogen-bond acceptors (Lipinski definition) is 6. The van der Waals surface area contributed by atoms with Crippen molar-refractivity contribution in [2.24, 2.45) is 0 Å². The van der Waals surface area contributed by atoms with Crippen molar-refractivity contribution >= 4 is 32.6 Å². The van der Waals surface area contributed by atoms with Crippen LogP contribution < -0.4 is 14.4 Å². The van der Waals surface area contributed by atoms with Crippen LogP contribution in [0.1, 0.15) is 35.7 Å². The lowest BCUT2D eigenvalue weighted by Crippen LogP contribution is -2.48. The Labute approximate surface area is 187 Å². The molecule has 2 heterocycles. The third-order valence-electron chi connectivity index (χ3n) is 5.62. The van der Waals surface area contributed by atoms with Crippen molar-refractivity contribution in [3.05, 3.63) is 47.5 Å². The van der Waals surface area contributed by atoms with E-state index in [1.165, 1.54) is 5.56 Å². The monoisotopic (exact) mass is 439 g/mol. The van der Waals surface area contributed by atoms with Crippen LogP contribution in [-0.2, 0) is 0 Å². The second-order valence-corrected chi connectivity index (χ2v) is 8.74. The number of anilines is 1. The van der Waals surface area contributed by atoms with Crippen molar-refractivity contribution in [3.8, 4) is 11.5 Å². The normalized spacial score (nSPS) is 14.2. The Bertz CT molecular complexity index is 1040. The molecule has 0 N–H and O–H groups in total. The molecule has 164 valence electrons.